The van der Waals surface area contributed by atoms with Gasteiger partial charge in [-0.1, -0.05) is 34.1 Å². The molecule has 2 nitrogen and oxygen atoms in total. The van der Waals surface area contributed by atoms with Crippen molar-refractivity contribution < 1.29 is 0 Å². The SMILES string of the molecule is Cc1ccc(CNCc2cccc(C)n2)c(Br)c1. The summed E-state index contributed by atoms with van der Waals surface area (Å²) in [7, 11) is 0. The number of aryl methyl sites for hydroxylation is 2. The van der Waals surface area contributed by atoms with Gasteiger partial charge in [-0.3, -0.25) is 4.98 Å². The minimum atomic E-state index is 0.794. The molecule has 0 aliphatic carbocycles. The second-order valence-electron chi connectivity index (χ2n) is 4.47. The topological polar surface area (TPSA) is 24.9 Å². The van der Waals surface area contributed by atoms with Gasteiger partial charge in [0.05, 0.1) is 5.69 Å². The molecule has 0 aliphatic rings. The van der Waals surface area contributed by atoms with E-state index in [1.54, 1.807) is 0 Å². The summed E-state index contributed by atoms with van der Waals surface area (Å²) in [4.78, 5) is 4.47. The Bertz CT molecular complexity index is 538. The van der Waals surface area contributed by atoms with Crippen LogP contribution in [-0.4, -0.2) is 4.98 Å². The first-order chi connectivity index (χ1) is 8.65. The lowest BCUT2D eigenvalue weighted by Crippen LogP contribution is -2.14. The Kier molecular flexibility index (Phi) is 4.50. The van der Waals surface area contributed by atoms with E-state index in [1.165, 1.54) is 11.1 Å². The Morgan fingerprint density at radius 1 is 1.11 bits per heavy atom. The summed E-state index contributed by atoms with van der Waals surface area (Å²) >= 11 is 3.59. The van der Waals surface area contributed by atoms with Crippen molar-refractivity contribution in [3.05, 3.63) is 63.4 Å². The average Bonchev–Trinajstić information content (AvgIpc) is 2.32. The fourth-order valence-corrected chi connectivity index (χ4v) is 2.45. The maximum Gasteiger partial charge on any atom is 0.0544 e. The Morgan fingerprint density at radius 2 is 1.94 bits per heavy atom. The van der Waals surface area contributed by atoms with Gasteiger partial charge in [-0.25, -0.2) is 0 Å². The van der Waals surface area contributed by atoms with E-state index in [2.05, 4.69) is 51.4 Å². The van der Waals surface area contributed by atoms with Crippen molar-refractivity contribution in [1.82, 2.24) is 10.3 Å². The molecule has 1 N–H and O–H groups in total. The van der Waals surface area contributed by atoms with Gasteiger partial charge < -0.3 is 5.32 Å². The van der Waals surface area contributed by atoms with Gasteiger partial charge in [0.15, 0.2) is 0 Å². The monoisotopic (exact) mass is 304 g/mol. The third-order valence-electron chi connectivity index (χ3n) is 2.78. The highest BCUT2D eigenvalue weighted by Gasteiger charge is 2.00. The van der Waals surface area contributed by atoms with Crippen molar-refractivity contribution in [1.29, 1.82) is 0 Å². The summed E-state index contributed by atoms with van der Waals surface area (Å²) in [6.07, 6.45) is 0. The van der Waals surface area contributed by atoms with E-state index in [1.807, 2.05) is 25.1 Å². The average molecular weight is 305 g/mol. The molecular weight excluding hydrogens is 288 g/mol. The van der Waals surface area contributed by atoms with Gasteiger partial charge >= 0.3 is 0 Å². The first-order valence-corrected chi connectivity index (χ1v) is 6.83. The van der Waals surface area contributed by atoms with E-state index in [4.69, 9.17) is 0 Å². The lowest BCUT2D eigenvalue weighted by molar-refractivity contribution is 0.676. The molecule has 94 valence electrons. The molecule has 0 saturated heterocycles. The molecule has 0 aliphatic heterocycles. The number of rotatable bonds is 4. The van der Waals surface area contributed by atoms with Gasteiger partial charge in [0, 0.05) is 23.3 Å². The Labute approximate surface area is 117 Å². The predicted octanol–water partition coefficient (Wildman–Crippen LogP) is 3.75. The van der Waals surface area contributed by atoms with E-state index in [0.29, 0.717) is 0 Å². The number of nitrogens with one attached hydrogen (secondary N) is 1. The highest BCUT2D eigenvalue weighted by molar-refractivity contribution is 9.10. The summed E-state index contributed by atoms with van der Waals surface area (Å²) in [6.45, 7) is 5.75. The van der Waals surface area contributed by atoms with Crippen LogP contribution in [0.2, 0.25) is 0 Å². The number of aromatic nitrogens is 1. The van der Waals surface area contributed by atoms with Crippen LogP contribution in [-0.2, 0) is 13.1 Å². The molecule has 0 atom stereocenters. The summed E-state index contributed by atoms with van der Waals surface area (Å²) in [5, 5.41) is 3.41. The van der Waals surface area contributed by atoms with Crippen molar-refractivity contribution in [2.24, 2.45) is 0 Å². The molecular formula is C15H17BrN2. The molecule has 0 bridgehead atoms. The fourth-order valence-electron chi connectivity index (χ4n) is 1.82. The third-order valence-corrected chi connectivity index (χ3v) is 3.51. The third kappa shape index (κ3) is 3.65. The Morgan fingerprint density at radius 3 is 2.67 bits per heavy atom. The molecule has 0 fully saturated rings. The van der Waals surface area contributed by atoms with Crippen molar-refractivity contribution in [2.75, 3.05) is 0 Å². The fraction of sp³-hybridized carbons (Fsp3) is 0.267. The number of hydrogen-bond acceptors (Lipinski definition) is 2. The van der Waals surface area contributed by atoms with Crippen LogP contribution in [0.4, 0.5) is 0 Å². The highest BCUT2D eigenvalue weighted by Crippen LogP contribution is 2.18. The molecule has 0 radical (unpaired) electrons. The smallest absolute Gasteiger partial charge is 0.0544 e. The van der Waals surface area contributed by atoms with Gasteiger partial charge in [0.2, 0.25) is 0 Å². The summed E-state index contributed by atoms with van der Waals surface area (Å²) in [5.74, 6) is 0. The Balaban J connectivity index is 1.92. The summed E-state index contributed by atoms with van der Waals surface area (Å²) in [5.41, 5.74) is 4.68. The van der Waals surface area contributed by atoms with Gasteiger partial charge in [-0.05, 0) is 43.2 Å². The zero-order valence-electron chi connectivity index (χ0n) is 10.7. The minimum Gasteiger partial charge on any atom is -0.307 e. The molecule has 1 heterocycles. The van der Waals surface area contributed by atoms with Crippen molar-refractivity contribution in [3.63, 3.8) is 0 Å². The van der Waals surface area contributed by atoms with E-state index in [9.17, 15) is 0 Å². The van der Waals surface area contributed by atoms with Crippen molar-refractivity contribution >= 4 is 15.9 Å². The molecule has 0 unspecified atom stereocenters. The number of halogens is 1. The molecule has 3 heteroatoms. The number of hydrogen-bond donors (Lipinski definition) is 1. The number of pyridine rings is 1. The van der Waals surface area contributed by atoms with Gasteiger partial charge in [-0.15, -0.1) is 0 Å². The van der Waals surface area contributed by atoms with Gasteiger partial charge in [0.25, 0.3) is 0 Å². The summed E-state index contributed by atoms with van der Waals surface area (Å²) < 4.78 is 1.16. The zero-order valence-corrected chi connectivity index (χ0v) is 12.3. The number of benzene rings is 1. The van der Waals surface area contributed by atoms with E-state index in [0.717, 1.165) is 29.0 Å². The quantitative estimate of drug-likeness (QED) is 0.930. The lowest BCUT2D eigenvalue weighted by Gasteiger charge is -2.08. The van der Waals surface area contributed by atoms with E-state index < -0.39 is 0 Å². The zero-order chi connectivity index (χ0) is 13.0. The predicted molar refractivity (Wildman–Crippen MR) is 78.4 cm³/mol. The second-order valence-corrected chi connectivity index (χ2v) is 5.32. The van der Waals surface area contributed by atoms with Crippen LogP contribution in [0.25, 0.3) is 0 Å². The minimum absolute atomic E-state index is 0.794. The van der Waals surface area contributed by atoms with Crippen molar-refractivity contribution in [2.45, 2.75) is 26.9 Å². The van der Waals surface area contributed by atoms with E-state index >= 15 is 0 Å². The molecule has 0 saturated carbocycles. The molecule has 0 amide bonds. The van der Waals surface area contributed by atoms with E-state index in [-0.39, 0.29) is 0 Å². The molecule has 2 aromatic rings. The van der Waals surface area contributed by atoms with Crippen LogP contribution < -0.4 is 5.32 Å². The van der Waals surface area contributed by atoms with Crippen LogP contribution in [0.5, 0.6) is 0 Å². The number of nitrogens with zero attached hydrogens (tertiary/aromatic N) is 1. The first-order valence-electron chi connectivity index (χ1n) is 6.03. The highest BCUT2D eigenvalue weighted by atomic mass is 79.9. The standard InChI is InChI=1S/C15H17BrN2/c1-11-6-7-13(15(16)8-11)9-17-10-14-5-3-4-12(2)18-14/h3-8,17H,9-10H2,1-2H3. The second kappa shape index (κ2) is 6.12. The molecule has 0 spiro atoms. The van der Waals surface area contributed by atoms with Crippen LogP contribution >= 0.6 is 15.9 Å². The maximum absolute atomic E-state index is 4.47. The first kappa shape index (κ1) is 13.2. The van der Waals surface area contributed by atoms with Crippen molar-refractivity contribution in [3.8, 4) is 0 Å². The van der Waals surface area contributed by atoms with Crippen LogP contribution in [0.15, 0.2) is 40.9 Å². The summed E-state index contributed by atoms with van der Waals surface area (Å²) in [6, 6.07) is 12.5. The van der Waals surface area contributed by atoms with Crippen LogP contribution in [0.3, 0.4) is 0 Å². The lowest BCUT2D eigenvalue weighted by atomic mass is 10.1. The van der Waals surface area contributed by atoms with Crippen LogP contribution in [0, 0.1) is 13.8 Å². The normalized spacial score (nSPS) is 10.6. The molecule has 2 rings (SSSR count). The largest absolute Gasteiger partial charge is 0.307 e. The van der Waals surface area contributed by atoms with Crippen LogP contribution in [0.1, 0.15) is 22.5 Å². The molecule has 1 aromatic heterocycles. The Hall–Kier alpha value is -1.19. The molecule has 18 heavy (non-hydrogen) atoms. The maximum atomic E-state index is 4.47. The van der Waals surface area contributed by atoms with Gasteiger partial charge in [-0.2, -0.15) is 0 Å². The molecule has 1 aromatic carbocycles. The van der Waals surface area contributed by atoms with Gasteiger partial charge in [0.1, 0.15) is 0 Å².